The molecule has 0 bridgehead atoms. The molecule has 2 heterocycles. The van der Waals surface area contributed by atoms with E-state index in [-0.39, 0.29) is 0 Å². The molecule has 1 N–H and O–H groups in total. The van der Waals surface area contributed by atoms with Gasteiger partial charge in [-0.05, 0) is 45.2 Å². The summed E-state index contributed by atoms with van der Waals surface area (Å²) in [6.45, 7) is 16.2. The van der Waals surface area contributed by atoms with E-state index in [1.54, 1.807) is 0 Å². The quantitative estimate of drug-likeness (QED) is 0.898. The van der Waals surface area contributed by atoms with E-state index >= 15 is 0 Å². The second-order valence-electron chi connectivity index (χ2n) is 6.49. The first kappa shape index (κ1) is 16.0. The molecule has 0 spiro atoms. The number of hydrogen-bond donors (Lipinski definition) is 1. The van der Waals surface area contributed by atoms with Crippen LogP contribution in [0.4, 0.5) is 0 Å². The SMILES string of the molecule is CCC(C)C1CN(C(C)c2cc(C)sc2C)C(C)CN1. The summed E-state index contributed by atoms with van der Waals surface area (Å²) in [6, 6.07) is 4.17. The van der Waals surface area contributed by atoms with Crippen molar-refractivity contribution in [1.29, 1.82) is 0 Å². The molecule has 0 amide bonds. The number of hydrogen-bond acceptors (Lipinski definition) is 3. The van der Waals surface area contributed by atoms with Crippen molar-refractivity contribution in [3.05, 3.63) is 21.4 Å². The maximum absolute atomic E-state index is 3.74. The third kappa shape index (κ3) is 3.26. The fraction of sp³-hybridized carbons (Fsp3) is 0.765. The zero-order chi connectivity index (χ0) is 14.9. The fourth-order valence-corrected chi connectivity index (χ4v) is 4.38. The Labute approximate surface area is 128 Å². The van der Waals surface area contributed by atoms with Gasteiger partial charge in [0.25, 0.3) is 0 Å². The number of rotatable bonds is 4. The number of piperazine rings is 1. The highest BCUT2D eigenvalue weighted by molar-refractivity contribution is 7.12. The molecule has 4 unspecified atom stereocenters. The molecule has 1 aromatic heterocycles. The molecule has 0 radical (unpaired) electrons. The van der Waals surface area contributed by atoms with Crippen molar-refractivity contribution in [3.8, 4) is 0 Å². The summed E-state index contributed by atoms with van der Waals surface area (Å²) in [4.78, 5) is 5.62. The van der Waals surface area contributed by atoms with Crippen LogP contribution in [0.5, 0.6) is 0 Å². The highest BCUT2D eigenvalue weighted by Gasteiger charge is 2.31. The summed E-state index contributed by atoms with van der Waals surface area (Å²) in [6.07, 6.45) is 1.25. The average molecular weight is 295 g/mol. The van der Waals surface area contributed by atoms with Crippen LogP contribution in [-0.2, 0) is 0 Å². The van der Waals surface area contributed by atoms with Gasteiger partial charge in [-0.25, -0.2) is 0 Å². The van der Waals surface area contributed by atoms with Crippen molar-refractivity contribution in [1.82, 2.24) is 10.2 Å². The Bertz CT molecular complexity index is 440. The molecule has 0 saturated carbocycles. The number of nitrogens with zero attached hydrogens (tertiary/aromatic N) is 1. The van der Waals surface area contributed by atoms with Gasteiger partial charge in [0.2, 0.25) is 0 Å². The second kappa shape index (κ2) is 6.59. The van der Waals surface area contributed by atoms with Crippen LogP contribution in [0.2, 0.25) is 0 Å². The van der Waals surface area contributed by atoms with Crippen LogP contribution in [0.1, 0.15) is 55.5 Å². The van der Waals surface area contributed by atoms with E-state index in [9.17, 15) is 0 Å². The lowest BCUT2D eigenvalue weighted by Gasteiger charge is -2.44. The van der Waals surface area contributed by atoms with Gasteiger partial charge < -0.3 is 5.32 Å². The Balaban J connectivity index is 2.14. The topological polar surface area (TPSA) is 15.3 Å². The second-order valence-corrected chi connectivity index (χ2v) is 7.95. The largest absolute Gasteiger partial charge is 0.311 e. The zero-order valence-corrected chi connectivity index (χ0v) is 14.7. The molecule has 3 heteroatoms. The van der Waals surface area contributed by atoms with Gasteiger partial charge >= 0.3 is 0 Å². The van der Waals surface area contributed by atoms with Crippen molar-refractivity contribution in [2.24, 2.45) is 5.92 Å². The maximum Gasteiger partial charge on any atom is 0.0334 e. The van der Waals surface area contributed by atoms with E-state index in [1.807, 2.05) is 11.3 Å². The van der Waals surface area contributed by atoms with Crippen molar-refractivity contribution >= 4 is 11.3 Å². The lowest BCUT2D eigenvalue weighted by atomic mass is 9.94. The first-order chi connectivity index (χ1) is 9.43. The van der Waals surface area contributed by atoms with Crippen LogP contribution in [0.25, 0.3) is 0 Å². The first-order valence-corrected chi connectivity index (χ1v) is 8.81. The van der Waals surface area contributed by atoms with E-state index in [0.29, 0.717) is 18.1 Å². The van der Waals surface area contributed by atoms with E-state index < -0.39 is 0 Å². The van der Waals surface area contributed by atoms with Gasteiger partial charge in [0.05, 0.1) is 0 Å². The first-order valence-electron chi connectivity index (χ1n) is 8.00. The number of thiophene rings is 1. The predicted molar refractivity (Wildman–Crippen MR) is 89.6 cm³/mol. The molecule has 4 atom stereocenters. The summed E-state index contributed by atoms with van der Waals surface area (Å²) >= 11 is 1.93. The van der Waals surface area contributed by atoms with Crippen molar-refractivity contribution in [2.45, 2.75) is 66.1 Å². The molecule has 0 aromatic carbocycles. The van der Waals surface area contributed by atoms with Gasteiger partial charge in [-0.3, -0.25) is 4.90 Å². The highest BCUT2D eigenvalue weighted by Crippen LogP contribution is 2.32. The minimum absolute atomic E-state index is 0.531. The lowest BCUT2D eigenvalue weighted by Crippen LogP contribution is -2.57. The van der Waals surface area contributed by atoms with E-state index in [4.69, 9.17) is 0 Å². The van der Waals surface area contributed by atoms with E-state index in [0.717, 1.165) is 12.5 Å². The third-order valence-electron chi connectivity index (χ3n) is 5.01. The highest BCUT2D eigenvalue weighted by atomic mass is 32.1. The Kier molecular flexibility index (Phi) is 5.27. The van der Waals surface area contributed by atoms with Crippen LogP contribution >= 0.6 is 11.3 Å². The van der Waals surface area contributed by atoms with Crippen molar-refractivity contribution in [3.63, 3.8) is 0 Å². The molecule has 1 fully saturated rings. The molecular weight excluding hydrogens is 264 g/mol. The Hall–Kier alpha value is -0.380. The minimum atomic E-state index is 0.531. The van der Waals surface area contributed by atoms with Crippen LogP contribution in [0.3, 0.4) is 0 Å². The smallest absolute Gasteiger partial charge is 0.0334 e. The Morgan fingerprint density at radius 1 is 1.40 bits per heavy atom. The molecule has 2 rings (SSSR count). The van der Waals surface area contributed by atoms with Gasteiger partial charge in [-0.1, -0.05) is 20.3 Å². The fourth-order valence-electron chi connectivity index (χ4n) is 3.36. The molecule has 114 valence electrons. The molecule has 1 aliphatic heterocycles. The molecule has 2 nitrogen and oxygen atoms in total. The third-order valence-corrected chi connectivity index (χ3v) is 5.99. The van der Waals surface area contributed by atoms with Gasteiger partial charge in [-0.2, -0.15) is 0 Å². The van der Waals surface area contributed by atoms with Crippen molar-refractivity contribution < 1.29 is 0 Å². The standard InChI is InChI=1S/C17H30N2S/c1-7-11(2)17-10-19(12(3)9-18-17)14(5)16-8-13(4)20-15(16)6/h8,11-12,14,17-18H,7,9-10H2,1-6H3. The molecular formula is C17H30N2S. The summed E-state index contributed by atoms with van der Waals surface area (Å²) < 4.78 is 0. The summed E-state index contributed by atoms with van der Waals surface area (Å²) in [5.74, 6) is 0.752. The molecule has 0 aliphatic carbocycles. The Morgan fingerprint density at radius 2 is 2.10 bits per heavy atom. The lowest BCUT2D eigenvalue weighted by molar-refractivity contribution is 0.0818. The maximum atomic E-state index is 3.74. The minimum Gasteiger partial charge on any atom is -0.311 e. The van der Waals surface area contributed by atoms with Crippen LogP contribution in [-0.4, -0.2) is 30.1 Å². The molecule has 1 aromatic rings. The average Bonchev–Trinajstić information content (AvgIpc) is 2.76. The molecule has 1 saturated heterocycles. The van der Waals surface area contributed by atoms with E-state index in [1.165, 1.54) is 28.3 Å². The summed E-state index contributed by atoms with van der Waals surface area (Å²) in [5.41, 5.74) is 1.53. The van der Waals surface area contributed by atoms with Gasteiger partial charge in [0, 0.05) is 41.0 Å². The monoisotopic (exact) mass is 294 g/mol. The van der Waals surface area contributed by atoms with Gasteiger partial charge in [0.1, 0.15) is 0 Å². The number of nitrogens with one attached hydrogen (secondary N) is 1. The molecule has 20 heavy (non-hydrogen) atoms. The normalized spacial score (nSPS) is 27.5. The van der Waals surface area contributed by atoms with E-state index in [2.05, 4.69) is 57.8 Å². The van der Waals surface area contributed by atoms with Crippen LogP contribution < -0.4 is 5.32 Å². The van der Waals surface area contributed by atoms with Crippen molar-refractivity contribution in [2.75, 3.05) is 13.1 Å². The zero-order valence-electron chi connectivity index (χ0n) is 13.9. The number of aryl methyl sites for hydroxylation is 2. The van der Waals surface area contributed by atoms with Crippen LogP contribution in [0, 0.1) is 19.8 Å². The van der Waals surface area contributed by atoms with Gasteiger partial charge in [0.15, 0.2) is 0 Å². The van der Waals surface area contributed by atoms with Crippen LogP contribution in [0.15, 0.2) is 6.07 Å². The predicted octanol–water partition coefficient (Wildman–Crippen LogP) is 4.13. The molecule has 1 aliphatic rings. The Morgan fingerprint density at radius 3 is 2.65 bits per heavy atom. The summed E-state index contributed by atoms with van der Waals surface area (Å²) in [5, 5.41) is 3.74. The summed E-state index contributed by atoms with van der Waals surface area (Å²) in [7, 11) is 0. The van der Waals surface area contributed by atoms with Gasteiger partial charge in [-0.15, -0.1) is 11.3 Å².